The smallest absolute Gasteiger partial charge is 0.317 e. The Bertz CT molecular complexity index is 853. The maximum absolute atomic E-state index is 13.0. The van der Waals surface area contributed by atoms with Gasteiger partial charge in [0.2, 0.25) is 0 Å². The van der Waals surface area contributed by atoms with Crippen LogP contribution in [0.1, 0.15) is 36.4 Å². The fraction of sp³-hybridized carbons (Fsp3) is 0.435. The molecular weight excluding hydrogens is 383 g/mol. The molecule has 7 heteroatoms. The highest BCUT2D eigenvalue weighted by atomic mass is 19.1. The number of methoxy groups -OCH3 is 1. The molecule has 6 nitrogen and oxygen atoms in total. The fourth-order valence-corrected chi connectivity index (χ4v) is 4.36. The van der Waals surface area contributed by atoms with Crippen LogP contribution in [0.25, 0.3) is 0 Å². The largest absolute Gasteiger partial charge is 0.497 e. The van der Waals surface area contributed by atoms with Gasteiger partial charge in [0, 0.05) is 31.7 Å². The first kappa shape index (κ1) is 20.6. The van der Waals surface area contributed by atoms with E-state index in [0.29, 0.717) is 18.5 Å². The van der Waals surface area contributed by atoms with Crippen LogP contribution in [0.4, 0.5) is 9.18 Å². The fourth-order valence-electron chi connectivity index (χ4n) is 4.36. The van der Waals surface area contributed by atoms with Gasteiger partial charge in [-0.3, -0.25) is 10.9 Å². The summed E-state index contributed by atoms with van der Waals surface area (Å²) in [4.78, 5) is 14.3. The maximum Gasteiger partial charge on any atom is 0.317 e. The molecule has 2 unspecified atom stereocenters. The number of hydrogen-bond acceptors (Lipinski definition) is 4. The van der Waals surface area contributed by atoms with Crippen molar-refractivity contribution >= 4 is 6.03 Å². The van der Waals surface area contributed by atoms with Crippen LogP contribution in [0.5, 0.6) is 5.75 Å². The van der Waals surface area contributed by atoms with Crippen LogP contribution in [0.2, 0.25) is 0 Å². The number of urea groups is 1. The van der Waals surface area contributed by atoms with Crippen LogP contribution < -0.4 is 20.9 Å². The zero-order valence-electron chi connectivity index (χ0n) is 17.2. The van der Waals surface area contributed by atoms with Gasteiger partial charge in [0.1, 0.15) is 11.6 Å². The van der Waals surface area contributed by atoms with Crippen molar-refractivity contribution < 1.29 is 13.9 Å². The average Bonchev–Trinajstić information content (AvgIpc) is 3.29. The number of benzene rings is 2. The third kappa shape index (κ3) is 4.91. The molecule has 2 atom stereocenters. The van der Waals surface area contributed by atoms with E-state index in [1.54, 1.807) is 19.2 Å². The third-order valence-corrected chi connectivity index (χ3v) is 6.18. The lowest BCUT2D eigenvalue weighted by atomic mass is 9.86. The van der Waals surface area contributed by atoms with E-state index in [2.05, 4.69) is 28.3 Å². The van der Waals surface area contributed by atoms with Gasteiger partial charge >= 0.3 is 6.03 Å². The van der Waals surface area contributed by atoms with Crippen LogP contribution in [-0.2, 0) is 6.54 Å². The number of rotatable bonds is 5. The molecule has 0 aromatic heterocycles. The topological polar surface area (TPSA) is 65.6 Å². The highest BCUT2D eigenvalue weighted by Gasteiger charge is 2.34. The van der Waals surface area contributed by atoms with E-state index in [9.17, 15) is 9.18 Å². The van der Waals surface area contributed by atoms with Gasteiger partial charge < -0.3 is 15.0 Å². The second kappa shape index (κ2) is 9.45. The van der Waals surface area contributed by atoms with Crippen LogP contribution in [0, 0.1) is 11.7 Å². The SMILES string of the molecule is COc1cccc(C2CC(C3CCN(C(=O)NCc4ccc(F)cc4)CC3)NN2)c1. The second-order valence-electron chi connectivity index (χ2n) is 8.07. The lowest BCUT2D eigenvalue weighted by molar-refractivity contribution is 0.158. The summed E-state index contributed by atoms with van der Waals surface area (Å²) < 4.78 is 18.3. The second-order valence-corrected chi connectivity index (χ2v) is 8.07. The molecule has 160 valence electrons. The number of ether oxygens (including phenoxy) is 1. The predicted molar refractivity (Wildman–Crippen MR) is 113 cm³/mol. The summed E-state index contributed by atoms with van der Waals surface area (Å²) in [6, 6.07) is 15.0. The molecule has 2 amide bonds. The predicted octanol–water partition coefficient (Wildman–Crippen LogP) is 3.36. The highest BCUT2D eigenvalue weighted by Crippen LogP contribution is 2.31. The summed E-state index contributed by atoms with van der Waals surface area (Å²) in [7, 11) is 1.69. The molecule has 2 fully saturated rings. The molecule has 0 radical (unpaired) electrons. The van der Waals surface area contributed by atoms with Crippen LogP contribution in [-0.4, -0.2) is 37.2 Å². The Balaban J connectivity index is 1.23. The zero-order valence-corrected chi connectivity index (χ0v) is 17.2. The van der Waals surface area contributed by atoms with Crippen molar-refractivity contribution in [3.8, 4) is 5.75 Å². The number of nitrogens with zero attached hydrogens (tertiary/aromatic N) is 1. The monoisotopic (exact) mass is 412 g/mol. The van der Waals surface area contributed by atoms with Gasteiger partial charge in [-0.1, -0.05) is 24.3 Å². The van der Waals surface area contributed by atoms with Crippen LogP contribution in [0.15, 0.2) is 48.5 Å². The average molecular weight is 413 g/mol. The number of likely N-dealkylation sites (tertiary alicyclic amines) is 1. The standard InChI is InChI=1S/C23H29FN4O2/c1-30-20-4-2-3-18(13-20)22-14-21(26-27-22)17-9-11-28(12-10-17)23(29)25-15-16-5-7-19(24)8-6-16/h2-8,13,17,21-22,26-27H,9-12,14-15H2,1H3,(H,25,29). The van der Waals surface area contributed by atoms with E-state index in [1.165, 1.54) is 17.7 Å². The van der Waals surface area contributed by atoms with Crippen molar-refractivity contribution in [3.63, 3.8) is 0 Å². The molecule has 2 aliphatic rings. The number of amides is 2. The molecule has 2 aliphatic heterocycles. The molecule has 2 aromatic rings. The summed E-state index contributed by atoms with van der Waals surface area (Å²) in [6.07, 6.45) is 2.98. The normalized spacial score (nSPS) is 22.1. The van der Waals surface area contributed by atoms with E-state index >= 15 is 0 Å². The van der Waals surface area contributed by atoms with Gasteiger partial charge in [0.15, 0.2) is 0 Å². The van der Waals surface area contributed by atoms with Gasteiger partial charge in [-0.2, -0.15) is 0 Å². The minimum absolute atomic E-state index is 0.0514. The molecule has 0 aliphatic carbocycles. The van der Waals surface area contributed by atoms with E-state index in [4.69, 9.17) is 4.74 Å². The first-order valence-corrected chi connectivity index (χ1v) is 10.5. The number of carbonyl (C=O) groups excluding carboxylic acids is 1. The summed E-state index contributed by atoms with van der Waals surface area (Å²) in [5, 5.41) is 2.94. The van der Waals surface area contributed by atoms with Crippen molar-refractivity contribution in [1.82, 2.24) is 21.1 Å². The minimum Gasteiger partial charge on any atom is -0.497 e. The molecule has 2 aromatic carbocycles. The molecule has 0 saturated carbocycles. The Labute approximate surface area is 176 Å². The van der Waals surface area contributed by atoms with Crippen molar-refractivity contribution in [2.45, 2.75) is 37.9 Å². The van der Waals surface area contributed by atoms with Crippen LogP contribution in [0.3, 0.4) is 0 Å². The van der Waals surface area contributed by atoms with E-state index in [1.807, 2.05) is 17.0 Å². The number of hydrogen-bond donors (Lipinski definition) is 3. The van der Waals surface area contributed by atoms with Gasteiger partial charge in [-0.05, 0) is 60.6 Å². The molecular formula is C23H29FN4O2. The van der Waals surface area contributed by atoms with E-state index in [0.717, 1.165) is 43.7 Å². The first-order chi connectivity index (χ1) is 14.6. The Morgan fingerprint density at radius 2 is 1.93 bits per heavy atom. The molecule has 3 N–H and O–H groups in total. The molecule has 4 rings (SSSR count). The zero-order chi connectivity index (χ0) is 20.9. The summed E-state index contributed by atoms with van der Waals surface area (Å²) in [5.41, 5.74) is 9.01. The van der Waals surface area contributed by atoms with Crippen molar-refractivity contribution in [2.75, 3.05) is 20.2 Å². The Morgan fingerprint density at radius 1 is 1.17 bits per heavy atom. The Kier molecular flexibility index (Phi) is 6.50. The number of halogens is 1. The third-order valence-electron chi connectivity index (χ3n) is 6.18. The summed E-state index contributed by atoms with van der Waals surface area (Å²) in [5.74, 6) is 1.14. The minimum atomic E-state index is -0.268. The van der Waals surface area contributed by atoms with E-state index < -0.39 is 0 Å². The molecule has 2 saturated heterocycles. The number of carbonyl (C=O) groups is 1. The van der Waals surface area contributed by atoms with Crippen LogP contribution >= 0.6 is 0 Å². The molecule has 0 spiro atoms. The van der Waals surface area contributed by atoms with Gasteiger partial charge in [-0.15, -0.1) is 0 Å². The lowest BCUT2D eigenvalue weighted by Crippen LogP contribution is -2.47. The quantitative estimate of drug-likeness (QED) is 0.705. The van der Waals surface area contributed by atoms with Gasteiger partial charge in [0.25, 0.3) is 0 Å². The number of hydrazine groups is 1. The first-order valence-electron chi connectivity index (χ1n) is 10.5. The Hall–Kier alpha value is -2.64. The Morgan fingerprint density at radius 3 is 2.67 bits per heavy atom. The highest BCUT2D eigenvalue weighted by molar-refractivity contribution is 5.74. The van der Waals surface area contributed by atoms with Crippen molar-refractivity contribution in [2.24, 2.45) is 5.92 Å². The molecule has 2 heterocycles. The number of piperidine rings is 1. The lowest BCUT2D eigenvalue weighted by Gasteiger charge is -2.34. The van der Waals surface area contributed by atoms with Crippen molar-refractivity contribution in [3.05, 3.63) is 65.5 Å². The van der Waals surface area contributed by atoms with Crippen molar-refractivity contribution in [1.29, 1.82) is 0 Å². The summed E-state index contributed by atoms with van der Waals surface area (Å²) >= 11 is 0. The number of nitrogens with one attached hydrogen (secondary N) is 3. The maximum atomic E-state index is 13.0. The molecule has 0 bridgehead atoms. The molecule has 30 heavy (non-hydrogen) atoms. The summed E-state index contributed by atoms with van der Waals surface area (Å²) in [6.45, 7) is 1.92. The van der Waals surface area contributed by atoms with E-state index in [-0.39, 0.29) is 17.9 Å². The van der Waals surface area contributed by atoms with Gasteiger partial charge in [0.05, 0.1) is 7.11 Å². The van der Waals surface area contributed by atoms with Gasteiger partial charge in [-0.25, -0.2) is 9.18 Å².